The topological polar surface area (TPSA) is 0 Å². The van der Waals surface area contributed by atoms with Crippen LogP contribution in [-0.4, -0.2) is 0 Å². The summed E-state index contributed by atoms with van der Waals surface area (Å²) in [5.74, 6) is 3.08. The lowest BCUT2D eigenvalue weighted by molar-refractivity contribution is 0.185. The van der Waals surface area contributed by atoms with E-state index in [1.54, 1.807) is 5.57 Å². The van der Waals surface area contributed by atoms with Gasteiger partial charge in [-0.05, 0) is 86.7 Å². The predicted octanol–water partition coefficient (Wildman–Crippen LogP) is 9.47. The summed E-state index contributed by atoms with van der Waals surface area (Å²) in [5, 5.41) is 0. The molecule has 0 aromatic heterocycles. The molecule has 0 N–H and O–H groups in total. The highest BCUT2D eigenvalue weighted by atomic mass is 14.3. The standard InChI is InChI=1S/C30H48/c1-3-5-7-8-10-26-17-21-29(22-18-26)30-23-19-28(20-24-30)16-15-27-13-11-25(12-14-27)9-6-4-2/h11-14,19,26,29-30H,3-10,15-18,20-24H2,1-2H3. The van der Waals surface area contributed by atoms with Crippen LogP contribution in [0.5, 0.6) is 0 Å². The summed E-state index contributed by atoms with van der Waals surface area (Å²) >= 11 is 0. The van der Waals surface area contributed by atoms with Crippen molar-refractivity contribution >= 4 is 0 Å². The highest BCUT2D eigenvalue weighted by molar-refractivity contribution is 5.24. The molecule has 0 aliphatic heterocycles. The van der Waals surface area contributed by atoms with Gasteiger partial charge in [0.05, 0.1) is 0 Å². The summed E-state index contributed by atoms with van der Waals surface area (Å²) in [7, 11) is 0. The largest absolute Gasteiger partial charge is 0.0850 e. The molecule has 1 atom stereocenters. The molecule has 1 fully saturated rings. The quantitative estimate of drug-likeness (QED) is 0.238. The molecule has 0 radical (unpaired) electrons. The molecule has 1 unspecified atom stereocenters. The van der Waals surface area contributed by atoms with E-state index in [2.05, 4.69) is 44.2 Å². The third kappa shape index (κ3) is 7.90. The fraction of sp³-hybridized carbons (Fsp3) is 0.733. The first kappa shape index (κ1) is 23.6. The average Bonchev–Trinajstić information content (AvgIpc) is 2.81. The molecule has 1 aromatic carbocycles. The van der Waals surface area contributed by atoms with Crippen LogP contribution in [0.1, 0.15) is 121 Å². The molecule has 0 amide bonds. The van der Waals surface area contributed by atoms with E-state index in [9.17, 15) is 0 Å². The first-order chi connectivity index (χ1) is 14.8. The molecular formula is C30H48. The van der Waals surface area contributed by atoms with Crippen molar-refractivity contribution in [2.45, 2.75) is 123 Å². The number of unbranched alkanes of at least 4 members (excludes halogenated alkanes) is 4. The fourth-order valence-electron chi connectivity index (χ4n) is 5.93. The third-order valence-corrected chi connectivity index (χ3v) is 8.15. The van der Waals surface area contributed by atoms with Gasteiger partial charge in [-0.15, -0.1) is 0 Å². The number of hydrogen-bond acceptors (Lipinski definition) is 0. The van der Waals surface area contributed by atoms with Crippen LogP contribution in [0.25, 0.3) is 0 Å². The molecule has 2 aliphatic carbocycles. The van der Waals surface area contributed by atoms with Crippen LogP contribution in [0.4, 0.5) is 0 Å². The van der Waals surface area contributed by atoms with E-state index < -0.39 is 0 Å². The lowest BCUT2D eigenvalue weighted by Crippen LogP contribution is -2.23. The summed E-state index contributed by atoms with van der Waals surface area (Å²) in [6, 6.07) is 9.46. The molecule has 2 aliphatic rings. The second kappa shape index (κ2) is 13.4. The third-order valence-electron chi connectivity index (χ3n) is 8.15. The smallest absolute Gasteiger partial charge is 0.0241 e. The van der Waals surface area contributed by atoms with Gasteiger partial charge in [-0.1, -0.05) is 101 Å². The van der Waals surface area contributed by atoms with E-state index in [0.29, 0.717) is 0 Å². The Balaban J connectivity index is 1.33. The van der Waals surface area contributed by atoms with Crippen LogP contribution in [0.2, 0.25) is 0 Å². The summed E-state index contributed by atoms with van der Waals surface area (Å²) in [6.45, 7) is 4.60. The minimum atomic E-state index is 0.993. The van der Waals surface area contributed by atoms with E-state index >= 15 is 0 Å². The number of rotatable bonds is 12. The molecule has 168 valence electrons. The SMILES string of the molecule is CCCCCCC1CCC(C2CC=C(CCc3ccc(CCCC)cc3)CC2)CC1. The van der Waals surface area contributed by atoms with Crippen molar-refractivity contribution in [2.24, 2.45) is 17.8 Å². The zero-order valence-electron chi connectivity index (χ0n) is 20.1. The Labute approximate surface area is 187 Å². The number of hydrogen-bond donors (Lipinski definition) is 0. The molecule has 0 spiro atoms. The van der Waals surface area contributed by atoms with E-state index in [1.807, 2.05) is 0 Å². The van der Waals surface area contributed by atoms with Crippen molar-refractivity contribution in [1.82, 2.24) is 0 Å². The van der Waals surface area contributed by atoms with Crippen LogP contribution >= 0.6 is 0 Å². The predicted molar refractivity (Wildman–Crippen MR) is 133 cm³/mol. The Bertz CT molecular complexity index is 599. The minimum absolute atomic E-state index is 0.993. The molecule has 1 saturated carbocycles. The normalized spacial score (nSPS) is 24.6. The molecule has 0 saturated heterocycles. The van der Waals surface area contributed by atoms with Crippen LogP contribution in [0.3, 0.4) is 0 Å². The summed E-state index contributed by atoms with van der Waals surface area (Å²) in [4.78, 5) is 0. The molecular weight excluding hydrogens is 360 g/mol. The summed E-state index contributed by atoms with van der Waals surface area (Å²) in [5.41, 5.74) is 4.78. The molecule has 0 heteroatoms. The average molecular weight is 409 g/mol. The van der Waals surface area contributed by atoms with Crippen molar-refractivity contribution in [3.8, 4) is 0 Å². The highest BCUT2D eigenvalue weighted by Gasteiger charge is 2.28. The van der Waals surface area contributed by atoms with Crippen molar-refractivity contribution < 1.29 is 0 Å². The van der Waals surface area contributed by atoms with Gasteiger partial charge in [0.25, 0.3) is 0 Å². The zero-order chi connectivity index (χ0) is 21.0. The lowest BCUT2D eigenvalue weighted by atomic mass is 9.70. The molecule has 0 heterocycles. The van der Waals surface area contributed by atoms with Gasteiger partial charge in [0.15, 0.2) is 0 Å². The van der Waals surface area contributed by atoms with Gasteiger partial charge >= 0.3 is 0 Å². The van der Waals surface area contributed by atoms with Gasteiger partial charge in [-0.3, -0.25) is 0 Å². The van der Waals surface area contributed by atoms with Gasteiger partial charge in [-0.2, -0.15) is 0 Å². The molecule has 0 nitrogen and oxygen atoms in total. The van der Waals surface area contributed by atoms with Gasteiger partial charge < -0.3 is 0 Å². The van der Waals surface area contributed by atoms with Crippen LogP contribution in [0, 0.1) is 17.8 Å². The van der Waals surface area contributed by atoms with Crippen LogP contribution in [0.15, 0.2) is 35.9 Å². The molecule has 0 bridgehead atoms. The van der Waals surface area contributed by atoms with E-state index in [1.165, 1.54) is 120 Å². The fourth-order valence-corrected chi connectivity index (χ4v) is 5.93. The first-order valence-corrected chi connectivity index (χ1v) is 13.5. The number of allylic oxidation sites excluding steroid dienone is 2. The molecule has 30 heavy (non-hydrogen) atoms. The van der Waals surface area contributed by atoms with E-state index in [4.69, 9.17) is 0 Å². The van der Waals surface area contributed by atoms with Gasteiger partial charge in [0.2, 0.25) is 0 Å². The van der Waals surface area contributed by atoms with Crippen molar-refractivity contribution in [3.05, 3.63) is 47.0 Å². The monoisotopic (exact) mass is 408 g/mol. The highest BCUT2D eigenvalue weighted by Crippen LogP contribution is 2.41. The second-order valence-electron chi connectivity index (χ2n) is 10.4. The maximum atomic E-state index is 2.64. The van der Waals surface area contributed by atoms with E-state index in [0.717, 1.165) is 17.8 Å². The van der Waals surface area contributed by atoms with Gasteiger partial charge in [0.1, 0.15) is 0 Å². The van der Waals surface area contributed by atoms with Crippen molar-refractivity contribution in [2.75, 3.05) is 0 Å². The number of aryl methyl sites for hydroxylation is 2. The Morgan fingerprint density at radius 3 is 2.00 bits per heavy atom. The van der Waals surface area contributed by atoms with Crippen molar-refractivity contribution in [1.29, 1.82) is 0 Å². The lowest BCUT2D eigenvalue weighted by Gasteiger charge is -2.35. The van der Waals surface area contributed by atoms with Crippen LogP contribution < -0.4 is 0 Å². The van der Waals surface area contributed by atoms with Gasteiger partial charge in [-0.25, -0.2) is 0 Å². The molecule has 1 aromatic rings. The Morgan fingerprint density at radius 2 is 1.37 bits per heavy atom. The summed E-state index contributed by atoms with van der Waals surface area (Å²) in [6.07, 6.45) is 26.6. The maximum Gasteiger partial charge on any atom is -0.0241 e. The maximum absolute atomic E-state index is 2.64. The zero-order valence-corrected chi connectivity index (χ0v) is 20.1. The van der Waals surface area contributed by atoms with Crippen molar-refractivity contribution in [3.63, 3.8) is 0 Å². The Morgan fingerprint density at radius 1 is 0.667 bits per heavy atom. The van der Waals surface area contributed by atoms with Crippen LogP contribution in [-0.2, 0) is 12.8 Å². The summed E-state index contributed by atoms with van der Waals surface area (Å²) < 4.78 is 0. The minimum Gasteiger partial charge on any atom is -0.0850 e. The Hall–Kier alpha value is -1.04. The Kier molecular flexibility index (Phi) is 10.5. The van der Waals surface area contributed by atoms with Gasteiger partial charge in [0, 0.05) is 0 Å². The number of benzene rings is 1. The molecule has 3 rings (SSSR count). The van der Waals surface area contributed by atoms with E-state index in [-0.39, 0.29) is 0 Å². The first-order valence-electron chi connectivity index (χ1n) is 13.5. The second-order valence-corrected chi connectivity index (χ2v) is 10.4.